The van der Waals surface area contributed by atoms with Gasteiger partial charge in [-0.1, -0.05) is 0 Å². The van der Waals surface area contributed by atoms with Crippen LogP contribution in [0.1, 0.15) is 36.6 Å². The number of nitrogens with one attached hydrogen (secondary N) is 3. The quantitative estimate of drug-likeness (QED) is 0.723. The van der Waals surface area contributed by atoms with Crippen LogP contribution in [0.4, 0.5) is 10.5 Å². The summed E-state index contributed by atoms with van der Waals surface area (Å²) in [7, 11) is 0. The first-order valence-corrected chi connectivity index (χ1v) is 8.72. The van der Waals surface area contributed by atoms with E-state index >= 15 is 0 Å². The molecule has 1 saturated heterocycles. The number of benzene rings is 1. The summed E-state index contributed by atoms with van der Waals surface area (Å²) in [5, 5.41) is 8.64. The van der Waals surface area contributed by atoms with Gasteiger partial charge in [-0.3, -0.25) is 14.9 Å². The van der Waals surface area contributed by atoms with Gasteiger partial charge in [0, 0.05) is 18.0 Å². The highest BCUT2D eigenvalue weighted by atomic mass is 32.1. The van der Waals surface area contributed by atoms with Crippen LogP contribution in [0.2, 0.25) is 0 Å². The number of rotatable bonds is 5. The van der Waals surface area contributed by atoms with Gasteiger partial charge in [-0.2, -0.15) is 0 Å². The molecule has 1 atom stereocenters. The Bertz CT molecular complexity index is 843. The van der Waals surface area contributed by atoms with E-state index in [-0.39, 0.29) is 24.7 Å². The maximum Gasteiger partial charge on any atom is 0.322 e. The number of urea groups is 1. The van der Waals surface area contributed by atoms with Crippen LogP contribution >= 0.6 is 11.3 Å². The second-order valence-corrected chi connectivity index (χ2v) is 7.17. The third kappa shape index (κ3) is 3.09. The van der Waals surface area contributed by atoms with E-state index in [4.69, 9.17) is 0 Å². The maximum absolute atomic E-state index is 12.0. The van der Waals surface area contributed by atoms with E-state index in [0.29, 0.717) is 5.92 Å². The number of carbonyl (C=O) groups excluding carboxylic acids is 3. The minimum absolute atomic E-state index is 0.159. The monoisotopic (exact) mass is 344 g/mol. The largest absolute Gasteiger partial charge is 0.326 e. The van der Waals surface area contributed by atoms with Crippen molar-refractivity contribution in [1.29, 1.82) is 0 Å². The lowest BCUT2D eigenvalue weighted by Crippen LogP contribution is -2.30. The Hall–Kier alpha value is -2.48. The van der Waals surface area contributed by atoms with Crippen molar-refractivity contribution < 1.29 is 14.4 Å². The lowest BCUT2D eigenvalue weighted by molar-refractivity contribution is -0.120. The predicted octanol–water partition coefficient (Wildman–Crippen LogP) is 2.10. The molecule has 4 amide bonds. The standard InChI is InChI=1S/C16H16N4O3S/c21-13(6-5-11-14(22)20-16(23)19-11)17-9-3-4-10-12(7-9)24-15(18-10)8-1-2-8/h3-4,7-8,11H,1-2,5-6H2,(H,17,21)(H2,19,20,22,23)/t11-/m1/s1. The van der Waals surface area contributed by atoms with Crippen molar-refractivity contribution in [2.24, 2.45) is 0 Å². The summed E-state index contributed by atoms with van der Waals surface area (Å²) >= 11 is 1.68. The lowest BCUT2D eigenvalue weighted by atomic mass is 10.1. The number of anilines is 1. The molecular weight excluding hydrogens is 328 g/mol. The average molecular weight is 344 g/mol. The number of nitrogens with zero attached hydrogens (tertiary/aromatic N) is 1. The molecule has 1 aliphatic carbocycles. The molecule has 0 spiro atoms. The number of amides is 4. The highest BCUT2D eigenvalue weighted by Gasteiger charge is 2.29. The fourth-order valence-electron chi connectivity index (χ4n) is 2.69. The van der Waals surface area contributed by atoms with Crippen LogP contribution in [0, 0.1) is 0 Å². The highest BCUT2D eigenvalue weighted by molar-refractivity contribution is 7.18. The molecule has 0 bridgehead atoms. The van der Waals surface area contributed by atoms with E-state index in [9.17, 15) is 14.4 Å². The Labute approximate surface area is 141 Å². The molecule has 1 saturated carbocycles. The van der Waals surface area contributed by atoms with Crippen molar-refractivity contribution in [3.05, 3.63) is 23.2 Å². The number of aromatic nitrogens is 1. The van der Waals surface area contributed by atoms with Gasteiger partial charge in [-0.15, -0.1) is 11.3 Å². The number of hydrogen-bond acceptors (Lipinski definition) is 5. The van der Waals surface area contributed by atoms with Crippen LogP contribution in [-0.4, -0.2) is 28.9 Å². The fourth-order valence-corrected chi connectivity index (χ4v) is 3.86. The van der Waals surface area contributed by atoms with Gasteiger partial charge in [0.25, 0.3) is 5.91 Å². The van der Waals surface area contributed by atoms with Gasteiger partial charge in [0.05, 0.1) is 15.2 Å². The number of hydrogen-bond donors (Lipinski definition) is 3. The molecule has 8 heteroatoms. The molecule has 1 aromatic heterocycles. The van der Waals surface area contributed by atoms with Crippen LogP contribution < -0.4 is 16.0 Å². The summed E-state index contributed by atoms with van der Waals surface area (Å²) in [6, 6.07) is 4.54. The molecule has 24 heavy (non-hydrogen) atoms. The summed E-state index contributed by atoms with van der Waals surface area (Å²) in [4.78, 5) is 39.1. The van der Waals surface area contributed by atoms with Crippen LogP contribution in [-0.2, 0) is 9.59 Å². The topological polar surface area (TPSA) is 100 Å². The van der Waals surface area contributed by atoms with Gasteiger partial charge in [0.1, 0.15) is 6.04 Å². The second-order valence-electron chi connectivity index (χ2n) is 6.11. The van der Waals surface area contributed by atoms with Crippen LogP contribution in [0.15, 0.2) is 18.2 Å². The SMILES string of the molecule is O=C(CC[C@H]1NC(=O)NC1=O)Nc1ccc2nc(C3CC3)sc2c1. The van der Waals surface area contributed by atoms with Crippen LogP contribution in [0.3, 0.4) is 0 Å². The van der Waals surface area contributed by atoms with Crippen molar-refractivity contribution in [1.82, 2.24) is 15.6 Å². The molecule has 0 radical (unpaired) electrons. The fraction of sp³-hybridized carbons (Fsp3) is 0.375. The van der Waals surface area contributed by atoms with E-state index in [2.05, 4.69) is 20.9 Å². The van der Waals surface area contributed by atoms with Crippen molar-refractivity contribution in [3.63, 3.8) is 0 Å². The second kappa shape index (κ2) is 5.86. The number of thiazole rings is 1. The van der Waals surface area contributed by atoms with Crippen molar-refractivity contribution >= 4 is 45.1 Å². The molecule has 4 rings (SSSR count). The van der Waals surface area contributed by atoms with Crippen LogP contribution in [0.25, 0.3) is 10.2 Å². The summed E-state index contributed by atoms with van der Waals surface area (Å²) < 4.78 is 1.07. The Kier molecular flexibility index (Phi) is 3.68. The maximum atomic E-state index is 12.0. The minimum Gasteiger partial charge on any atom is -0.326 e. The van der Waals surface area contributed by atoms with Crippen LogP contribution in [0.5, 0.6) is 0 Å². The van der Waals surface area contributed by atoms with E-state index in [1.807, 2.05) is 18.2 Å². The molecule has 2 heterocycles. The van der Waals surface area contributed by atoms with Crippen molar-refractivity contribution in [2.45, 2.75) is 37.6 Å². The van der Waals surface area contributed by atoms with E-state index in [1.165, 1.54) is 17.8 Å². The molecule has 0 unspecified atom stereocenters. The Morgan fingerprint density at radius 1 is 1.33 bits per heavy atom. The average Bonchev–Trinajstić information content (AvgIpc) is 3.22. The summed E-state index contributed by atoms with van der Waals surface area (Å²) in [5.41, 5.74) is 1.68. The highest BCUT2D eigenvalue weighted by Crippen LogP contribution is 2.43. The Balaban J connectivity index is 1.37. The molecule has 2 fully saturated rings. The summed E-state index contributed by atoms with van der Waals surface area (Å²) in [5.74, 6) is 0.0509. The molecule has 1 aromatic carbocycles. The van der Waals surface area contributed by atoms with Gasteiger partial charge in [-0.25, -0.2) is 9.78 Å². The zero-order valence-corrected chi connectivity index (χ0v) is 13.6. The molecule has 2 aromatic rings. The third-order valence-corrected chi connectivity index (χ3v) is 5.31. The van der Waals surface area contributed by atoms with E-state index in [1.54, 1.807) is 11.3 Å². The van der Waals surface area contributed by atoms with Gasteiger partial charge in [0.15, 0.2) is 0 Å². The van der Waals surface area contributed by atoms with Gasteiger partial charge >= 0.3 is 6.03 Å². The molecule has 3 N–H and O–H groups in total. The van der Waals surface area contributed by atoms with E-state index in [0.717, 1.165) is 15.9 Å². The zero-order valence-electron chi connectivity index (χ0n) is 12.8. The first kappa shape index (κ1) is 15.1. The third-order valence-electron chi connectivity index (χ3n) is 4.13. The summed E-state index contributed by atoms with van der Waals surface area (Å²) in [6.07, 6.45) is 2.87. The lowest BCUT2D eigenvalue weighted by Gasteiger charge is -2.08. The minimum atomic E-state index is -0.631. The van der Waals surface area contributed by atoms with Gasteiger partial charge in [0.2, 0.25) is 5.91 Å². The molecular formula is C16H16N4O3S. The normalized spacial score (nSPS) is 20.1. The molecule has 7 nitrogen and oxygen atoms in total. The molecule has 2 aliphatic rings. The predicted molar refractivity (Wildman–Crippen MR) is 89.9 cm³/mol. The molecule has 124 valence electrons. The smallest absolute Gasteiger partial charge is 0.322 e. The first-order valence-electron chi connectivity index (χ1n) is 7.90. The Morgan fingerprint density at radius 2 is 2.17 bits per heavy atom. The molecule has 1 aliphatic heterocycles. The van der Waals surface area contributed by atoms with Crippen molar-refractivity contribution in [2.75, 3.05) is 5.32 Å². The zero-order chi connectivity index (χ0) is 16.7. The van der Waals surface area contributed by atoms with Gasteiger partial charge < -0.3 is 10.6 Å². The Morgan fingerprint density at radius 3 is 2.88 bits per heavy atom. The van der Waals surface area contributed by atoms with Gasteiger partial charge in [-0.05, 0) is 37.5 Å². The summed E-state index contributed by atoms with van der Waals surface area (Å²) in [6.45, 7) is 0. The first-order chi connectivity index (χ1) is 11.6. The van der Waals surface area contributed by atoms with E-state index < -0.39 is 12.1 Å². The van der Waals surface area contributed by atoms with Crippen molar-refractivity contribution in [3.8, 4) is 0 Å². The number of carbonyl (C=O) groups is 3. The number of imide groups is 1. The number of fused-ring (bicyclic) bond motifs is 1.